The summed E-state index contributed by atoms with van der Waals surface area (Å²) in [5, 5.41) is 3.08. The van der Waals surface area contributed by atoms with Crippen molar-refractivity contribution in [3.05, 3.63) is 69.9 Å². The van der Waals surface area contributed by atoms with Gasteiger partial charge in [-0.25, -0.2) is 4.39 Å². The Morgan fingerprint density at radius 2 is 2.00 bits per heavy atom. The maximum Gasteiger partial charge on any atom is 0.251 e. The molecule has 132 valence electrons. The number of aryl methyl sites for hydroxylation is 1. The first kappa shape index (κ1) is 17.4. The van der Waals surface area contributed by atoms with Crippen LogP contribution in [0.2, 0.25) is 0 Å². The molecule has 0 spiro atoms. The van der Waals surface area contributed by atoms with Gasteiger partial charge in [-0.05, 0) is 55.9 Å². The zero-order valence-corrected chi connectivity index (χ0v) is 14.4. The number of carbonyl (C=O) groups excluding carboxylic acids is 1. The van der Waals surface area contributed by atoms with E-state index in [0.717, 1.165) is 31.2 Å². The van der Waals surface area contributed by atoms with Gasteiger partial charge in [-0.15, -0.1) is 0 Å². The Morgan fingerprint density at radius 1 is 1.24 bits per heavy atom. The largest absolute Gasteiger partial charge is 0.349 e. The van der Waals surface area contributed by atoms with Gasteiger partial charge in [0.15, 0.2) is 0 Å². The fraction of sp³-hybridized carbons (Fsp3) is 0.400. The molecule has 2 aromatic rings. The van der Waals surface area contributed by atoms with Crippen molar-refractivity contribution >= 4 is 5.91 Å². The van der Waals surface area contributed by atoms with E-state index in [9.17, 15) is 14.0 Å². The molecule has 0 aliphatic heterocycles. The van der Waals surface area contributed by atoms with Crippen LogP contribution in [0.4, 0.5) is 4.39 Å². The predicted octanol–water partition coefficient (Wildman–Crippen LogP) is 3.15. The van der Waals surface area contributed by atoms with Gasteiger partial charge in [0.1, 0.15) is 5.82 Å². The highest BCUT2D eigenvalue weighted by Gasteiger charge is 2.29. The van der Waals surface area contributed by atoms with E-state index < -0.39 is 0 Å². The maximum absolute atomic E-state index is 13.0. The van der Waals surface area contributed by atoms with E-state index in [2.05, 4.69) is 5.32 Å². The molecule has 1 saturated carbocycles. The van der Waals surface area contributed by atoms with E-state index in [1.165, 1.54) is 18.2 Å². The predicted molar refractivity (Wildman–Crippen MR) is 95.1 cm³/mol. The Labute approximate surface area is 146 Å². The van der Waals surface area contributed by atoms with Gasteiger partial charge in [0.05, 0.1) is 0 Å². The first-order valence-corrected chi connectivity index (χ1v) is 8.82. The van der Waals surface area contributed by atoms with Crippen molar-refractivity contribution in [1.29, 1.82) is 0 Å². The summed E-state index contributed by atoms with van der Waals surface area (Å²) in [5.74, 6) is -0.0939. The van der Waals surface area contributed by atoms with Gasteiger partial charge >= 0.3 is 0 Å². The molecule has 0 saturated heterocycles. The van der Waals surface area contributed by atoms with Gasteiger partial charge in [-0.1, -0.05) is 18.6 Å². The minimum absolute atomic E-state index is 0.0890. The number of pyridine rings is 1. The van der Waals surface area contributed by atoms with Crippen molar-refractivity contribution in [2.45, 2.75) is 45.2 Å². The van der Waals surface area contributed by atoms with Crippen molar-refractivity contribution in [1.82, 2.24) is 9.88 Å². The fourth-order valence-electron chi connectivity index (χ4n) is 3.56. The Hall–Kier alpha value is -2.43. The van der Waals surface area contributed by atoms with Crippen molar-refractivity contribution in [3.8, 4) is 0 Å². The lowest BCUT2D eigenvalue weighted by Gasteiger charge is -2.21. The van der Waals surface area contributed by atoms with Gasteiger partial charge in [-0.3, -0.25) is 9.59 Å². The molecular formula is C20H23FN2O2. The van der Waals surface area contributed by atoms with Crippen LogP contribution in [0, 0.1) is 11.7 Å². The number of hydrogen-bond donors (Lipinski definition) is 1. The normalized spacial score (nSPS) is 19.8. The van der Waals surface area contributed by atoms with Gasteiger partial charge in [0, 0.05) is 30.4 Å². The molecule has 25 heavy (non-hydrogen) atoms. The Kier molecular flexibility index (Phi) is 5.31. The van der Waals surface area contributed by atoms with Gasteiger partial charge < -0.3 is 9.88 Å². The molecule has 0 radical (unpaired) electrons. The van der Waals surface area contributed by atoms with E-state index >= 15 is 0 Å². The summed E-state index contributed by atoms with van der Waals surface area (Å²) < 4.78 is 14.6. The monoisotopic (exact) mass is 342 g/mol. The Balaban J connectivity index is 1.66. The number of benzene rings is 1. The van der Waals surface area contributed by atoms with E-state index in [1.54, 1.807) is 29.0 Å². The zero-order chi connectivity index (χ0) is 17.8. The third-order valence-corrected chi connectivity index (χ3v) is 4.99. The first-order valence-electron chi connectivity index (χ1n) is 8.82. The molecule has 1 amide bonds. The van der Waals surface area contributed by atoms with Crippen molar-refractivity contribution < 1.29 is 9.18 Å². The summed E-state index contributed by atoms with van der Waals surface area (Å²) >= 11 is 0. The molecule has 1 aromatic heterocycles. The topological polar surface area (TPSA) is 51.1 Å². The van der Waals surface area contributed by atoms with Crippen LogP contribution in [0.3, 0.4) is 0 Å². The molecule has 5 heteroatoms. The van der Waals surface area contributed by atoms with Gasteiger partial charge in [0.2, 0.25) is 0 Å². The van der Waals surface area contributed by atoms with Crippen LogP contribution in [0.15, 0.2) is 47.4 Å². The highest BCUT2D eigenvalue weighted by atomic mass is 19.1. The quantitative estimate of drug-likeness (QED) is 0.907. The summed E-state index contributed by atoms with van der Waals surface area (Å²) in [4.78, 5) is 24.4. The van der Waals surface area contributed by atoms with Gasteiger partial charge in [-0.2, -0.15) is 0 Å². The third-order valence-electron chi connectivity index (χ3n) is 4.99. The Morgan fingerprint density at radius 3 is 2.68 bits per heavy atom. The highest BCUT2D eigenvalue weighted by molar-refractivity contribution is 5.94. The number of amides is 1. The van der Waals surface area contributed by atoms with E-state index in [-0.39, 0.29) is 23.3 Å². The molecule has 1 aliphatic carbocycles. The van der Waals surface area contributed by atoms with Gasteiger partial charge in [0.25, 0.3) is 11.5 Å². The lowest BCUT2D eigenvalue weighted by molar-refractivity contribution is 0.0927. The average molecular weight is 342 g/mol. The summed E-state index contributed by atoms with van der Waals surface area (Å²) in [6.07, 6.45) is 5.52. The fourth-order valence-corrected chi connectivity index (χ4v) is 3.56. The van der Waals surface area contributed by atoms with Crippen LogP contribution >= 0.6 is 0 Å². The number of nitrogens with zero attached hydrogens (tertiary/aromatic N) is 1. The van der Waals surface area contributed by atoms with Crippen molar-refractivity contribution in [3.63, 3.8) is 0 Å². The number of hydrogen-bond acceptors (Lipinski definition) is 2. The smallest absolute Gasteiger partial charge is 0.251 e. The lowest BCUT2D eigenvalue weighted by Crippen LogP contribution is -2.38. The van der Waals surface area contributed by atoms with Crippen LogP contribution in [-0.2, 0) is 13.0 Å². The second-order valence-corrected chi connectivity index (χ2v) is 6.64. The number of halogens is 1. The molecule has 1 aliphatic rings. The minimum atomic E-state index is -0.234. The van der Waals surface area contributed by atoms with Crippen molar-refractivity contribution in [2.75, 3.05) is 0 Å². The molecule has 4 nitrogen and oxygen atoms in total. The second kappa shape index (κ2) is 7.64. The average Bonchev–Trinajstić information content (AvgIpc) is 3.03. The van der Waals surface area contributed by atoms with E-state index in [4.69, 9.17) is 0 Å². The summed E-state index contributed by atoms with van der Waals surface area (Å²) in [6.45, 7) is 2.48. The molecule has 1 fully saturated rings. The summed E-state index contributed by atoms with van der Waals surface area (Å²) in [6, 6.07) is 9.72. The molecule has 1 heterocycles. The van der Waals surface area contributed by atoms with Crippen LogP contribution < -0.4 is 10.9 Å². The molecule has 3 rings (SSSR count). The molecule has 0 bridgehead atoms. The number of carbonyl (C=O) groups is 1. The third kappa shape index (κ3) is 4.16. The van der Waals surface area contributed by atoms with Crippen molar-refractivity contribution in [2.24, 2.45) is 5.92 Å². The highest BCUT2D eigenvalue weighted by Crippen LogP contribution is 2.29. The van der Waals surface area contributed by atoms with E-state index in [1.807, 2.05) is 6.92 Å². The molecule has 0 unspecified atom stereocenters. The zero-order valence-electron chi connectivity index (χ0n) is 14.4. The molecule has 2 atom stereocenters. The van der Waals surface area contributed by atoms with Crippen LogP contribution in [0.1, 0.15) is 42.1 Å². The maximum atomic E-state index is 13.0. The van der Waals surface area contributed by atoms with Crippen LogP contribution in [0.5, 0.6) is 0 Å². The lowest BCUT2D eigenvalue weighted by atomic mass is 9.94. The van der Waals surface area contributed by atoms with Crippen LogP contribution in [-0.4, -0.2) is 16.5 Å². The second-order valence-electron chi connectivity index (χ2n) is 6.64. The number of rotatable bonds is 5. The molecule has 1 N–H and O–H groups in total. The standard InChI is InChI=1S/C20H23FN2O2/c1-2-23-11-10-16(13-19(23)24)20(25)22-18-5-3-4-15(18)12-14-6-8-17(21)9-7-14/h6-11,13,15,18H,2-5,12H2,1H3,(H,22,25)/t15-,18-/m1/s1. The summed E-state index contributed by atoms with van der Waals surface area (Å²) in [5.41, 5.74) is 1.32. The first-order chi connectivity index (χ1) is 12.1. The SMILES string of the molecule is CCn1ccc(C(=O)N[C@@H]2CCC[C@@H]2Cc2ccc(F)cc2)cc1=O. The van der Waals surface area contributed by atoms with E-state index in [0.29, 0.717) is 18.0 Å². The Bertz CT molecular complexity index is 798. The summed E-state index contributed by atoms with van der Waals surface area (Å²) in [7, 11) is 0. The molecule has 1 aromatic carbocycles. The molecular weight excluding hydrogens is 319 g/mol. The number of aromatic nitrogens is 1. The minimum Gasteiger partial charge on any atom is -0.349 e. The van der Waals surface area contributed by atoms with Crippen LogP contribution in [0.25, 0.3) is 0 Å². The number of nitrogens with one attached hydrogen (secondary N) is 1.